The van der Waals surface area contributed by atoms with Crippen molar-refractivity contribution in [1.29, 1.82) is 0 Å². The van der Waals surface area contributed by atoms with Crippen LogP contribution in [-0.4, -0.2) is 35.1 Å². The lowest BCUT2D eigenvalue weighted by Gasteiger charge is -2.13. The second-order valence-corrected chi connectivity index (χ2v) is 5.42. The van der Waals surface area contributed by atoms with Gasteiger partial charge in [-0.15, -0.1) is 0 Å². The second kappa shape index (κ2) is 6.56. The molecule has 1 aliphatic heterocycles. The molecule has 2 N–H and O–H groups in total. The molecule has 0 bridgehead atoms. The number of carbonyl (C=O) groups excluding carboxylic acids is 4. The molecule has 0 saturated carbocycles. The molecule has 1 aliphatic rings. The number of rotatable bonds is 5. The van der Waals surface area contributed by atoms with E-state index in [2.05, 4.69) is 0 Å². The molecule has 0 radical (unpaired) electrons. The molecule has 2 aromatic rings. The number of ether oxygens (including phenoxy) is 1. The number of fused-ring (bicyclic) bond motifs is 1. The molecular formula is C18H14N2O5. The van der Waals surface area contributed by atoms with Gasteiger partial charge in [0.25, 0.3) is 11.8 Å². The summed E-state index contributed by atoms with van der Waals surface area (Å²) in [5.74, 6) is -1.76. The van der Waals surface area contributed by atoms with Crippen molar-refractivity contribution in [2.75, 3.05) is 6.54 Å². The van der Waals surface area contributed by atoms with Gasteiger partial charge in [-0.25, -0.2) is 0 Å². The minimum atomic E-state index is -0.594. The highest BCUT2D eigenvalue weighted by Gasteiger charge is 2.35. The standard InChI is InChI=1S/C18H14N2O5/c19-16(22)11-5-7-12(8-6-11)25-15(21)9-10-20-17(23)13-3-1-2-4-14(13)18(20)24/h1-8H,9-10H2,(H2,19,22). The number of nitrogens with zero attached hydrogens (tertiary/aromatic N) is 1. The van der Waals surface area contributed by atoms with E-state index in [1.165, 1.54) is 24.3 Å². The molecule has 0 aliphatic carbocycles. The first-order valence-corrected chi connectivity index (χ1v) is 7.53. The molecule has 0 unspecified atom stereocenters. The van der Waals surface area contributed by atoms with Crippen LogP contribution in [0.1, 0.15) is 37.5 Å². The van der Waals surface area contributed by atoms with Crippen LogP contribution < -0.4 is 10.5 Å². The van der Waals surface area contributed by atoms with Crippen molar-refractivity contribution in [2.24, 2.45) is 5.73 Å². The highest BCUT2D eigenvalue weighted by Crippen LogP contribution is 2.22. The van der Waals surface area contributed by atoms with Crippen molar-refractivity contribution in [1.82, 2.24) is 4.90 Å². The number of hydrogen-bond acceptors (Lipinski definition) is 5. The van der Waals surface area contributed by atoms with E-state index >= 15 is 0 Å². The molecule has 0 atom stereocenters. The van der Waals surface area contributed by atoms with Crippen molar-refractivity contribution >= 4 is 23.7 Å². The SMILES string of the molecule is NC(=O)c1ccc(OC(=O)CCN2C(=O)c3ccccc3C2=O)cc1. The van der Waals surface area contributed by atoms with Crippen LogP contribution in [0.25, 0.3) is 0 Å². The summed E-state index contributed by atoms with van der Waals surface area (Å²) < 4.78 is 5.12. The third-order valence-electron chi connectivity index (χ3n) is 3.79. The smallest absolute Gasteiger partial charge is 0.312 e. The van der Waals surface area contributed by atoms with Gasteiger partial charge in [0.1, 0.15) is 5.75 Å². The van der Waals surface area contributed by atoms with Gasteiger partial charge in [0.15, 0.2) is 0 Å². The van der Waals surface area contributed by atoms with Gasteiger partial charge in [-0.05, 0) is 36.4 Å². The summed E-state index contributed by atoms with van der Waals surface area (Å²) in [7, 11) is 0. The summed E-state index contributed by atoms with van der Waals surface area (Å²) in [6.45, 7) is -0.0649. The van der Waals surface area contributed by atoms with Crippen molar-refractivity contribution in [3.8, 4) is 5.75 Å². The Labute approximate surface area is 143 Å². The third-order valence-corrected chi connectivity index (χ3v) is 3.79. The van der Waals surface area contributed by atoms with Gasteiger partial charge in [0.2, 0.25) is 5.91 Å². The van der Waals surface area contributed by atoms with E-state index in [0.29, 0.717) is 16.7 Å². The number of esters is 1. The fraction of sp³-hybridized carbons (Fsp3) is 0.111. The Morgan fingerprint density at radius 2 is 1.48 bits per heavy atom. The maximum Gasteiger partial charge on any atom is 0.312 e. The monoisotopic (exact) mass is 338 g/mol. The van der Waals surface area contributed by atoms with Gasteiger partial charge < -0.3 is 10.5 Å². The largest absolute Gasteiger partial charge is 0.426 e. The Morgan fingerprint density at radius 1 is 0.920 bits per heavy atom. The topological polar surface area (TPSA) is 107 Å². The predicted molar refractivity (Wildman–Crippen MR) is 87.0 cm³/mol. The Balaban J connectivity index is 1.59. The molecule has 0 aromatic heterocycles. The molecule has 3 rings (SSSR count). The van der Waals surface area contributed by atoms with Crippen LogP contribution in [0.4, 0.5) is 0 Å². The van der Waals surface area contributed by atoms with Crippen LogP contribution in [-0.2, 0) is 4.79 Å². The Morgan fingerprint density at radius 3 is 2.00 bits per heavy atom. The van der Waals surface area contributed by atoms with Crippen LogP contribution in [0.3, 0.4) is 0 Å². The molecule has 7 nitrogen and oxygen atoms in total. The van der Waals surface area contributed by atoms with Crippen molar-refractivity contribution in [3.05, 3.63) is 65.2 Å². The lowest BCUT2D eigenvalue weighted by Crippen LogP contribution is -2.32. The molecule has 2 aromatic carbocycles. The van der Waals surface area contributed by atoms with Crippen molar-refractivity contribution in [2.45, 2.75) is 6.42 Å². The summed E-state index contributed by atoms with van der Waals surface area (Å²) in [6, 6.07) is 12.3. The van der Waals surface area contributed by atoms with Crippen LogP contribution in [0.5, 0.6) is 5.75 Å². The predicted octanol–water partition coefficient (Wildman–Crippen LogP) is 1.38. The Bertz CT molecular complexity index is 838. The summed E-state index contributed by atoms with van der Waals surface area (Å²) >= 11 is 0. The number of primary amides is 1. The number of nitrogens with two attached hydrogens (primary N) is 1. The first-order chi connectivity index (χ1) is 12.0. The van der Waals surface area contributed by atoms with Gasteiger partial charge >= 0.3 is 5.97 Å². The summed E-state index contributed by atoms with van der Waals surface area (Å²) in [5.41, 5.74) is 6.10. The molecular weight excluding hydrogens is 324 g/mol. The van der Waals surface area contributed by atoms with Gasteiger partial charge in [-0.3, -0.25) is 24.1 Å². The molecule has 3 amide bonds. The van der Waals surface area contributed by atoms with Crippen molar-refractivity contribution in [3.63, 3.8) is 0 Å². The minimum Gasteiger partial charge on any atom is -0.426 e. The third kappa shape index (κ3) is 3.25. The molecule has 0 saturated heterocycles. The van der Waals surface area contributed by atoms with E-state index in [9.17, 15) is 19.2 Å². The van der Waals surface area contributed by atoms with E-state index in [1.54, 1.807) is 24.3 Å². The number of imide groups is 1. The minimum absolute atomic E-state index is 0.0649. The zero-order valence-electron chi connectivity index (χ0n) is 13.1. The lowest BCUT2D eigenvalue weighted by atomic mass is 10.1. The summed E-state index contributed by atoms with van der Waals surface area (Å²) in [5, 5.41) is 0. The Kier molecular flexibility index (Phi) is 4.30. The molecule has 0 fully saturated rings. The quantitative estimate of drug-likeness (QED) is 0.503. The molecule has 0 spiro atoms. The van der Waals surface area contributed by atoms with E-state index in [0.717, 1.165) is 4.90 Å². The molecule has 25 heavy (non-hydrogen) atoms. The normalized spacial score (nSPS) is 12.9. The maximum atomic E-state index is 12.2. The number of carbonyl (C=O) groups is 4. The number of amides is 3. The highest BCUT2D eigenvalue weighted by molar-refractivity contribution is 6.21. The highest BCUT2D eigenvalue weighted by atomic mass is 16.5. The van der Waals surface area contributed by atoms with Gasteiger partial charge in [0, 0.05) is 12.1 Å². The first-order valence-electron chi connectivity index (χ1n) is 7.53. The fourth-order valence-electron chi connectivity index (χ4n) is 2.52. The zero-order chi connectivity index (χ0) is 18.0. The average molecular weight is 338 g/mol. The van der Waals surface area contributed by atoms with Crippen LogP contribution in [0.2, 0.25) is 0 Å². The Hall–Kier alpha value is -3.48. The summed E-state index contributed by atoms with van der Waals surface area (Å²) in [4.78, 5) is 48.3. The lowest BCUT2D eigenvalue weighted by molar-refractivity contribution is -0.134. The van der Waals surface area contributed by atoms with Gasteiger partial charge in [-0.1, -0.05) is 12.1 Å². The van der Waals surface area contributed by atoms with E-state index in [4.69, 9.17) is 10.5 Å². The van der Waals surface area contributed by atoms with Crippen LogP contribution in [0, 0.1) is 0 Å². The second-order valence-electron chi connectivity index (χ2n) is 5.42. The van der Waals surface area contributed by atoms with E-state index in [-0.39, 0.29) is 18.7 Å². The molecule has 126 valence electrons. The molecule has 7 heteroatoms. The number of benzene rings is 2. The first kappa shape index (κ1) is 16.4. The zero-order valence-corrected chi connectivity index (χ0v) is 13.1. The van der Waals surface area contributed by atoms with E-state index in [1.807, 2.05) is 0 Å². The number of hydrogen-bond donors (Lipinski definition) is 1. The van der Waals surface area contributed by atoms with Gasteiger partial charge in [-0.2, -0.15) is 0 Å². The fourth-order valence-corrected chi connectivity index (χ4v) is 2.52. The van der Waals surface area contributed by atoms with Crippen LogP contribution >= 0.6 is 0 Å². The maximum absolute atomic E-state index is 12.2. The van der Waals surface area contributed by atoms with Crippen molar-refractivity contribution < 1.29 is 23.9 Å². The van der Waals surface area contributed by atoms with Crippen LogP contribution in [0.15, 0.2) is 48.5 Å². The van der Waals surface area contributed by atoms with Gasteiger partial charge in [0.05, 0.1) is 17.5 Å². The average Bonchev–Trinajstić information content (AvgIpc) is 2.85. The molecule has 1 heterocycles. The summed E-state index contributed by atoms with van der Waals surface area (Å²) in [6.07, 6.45) is -0.136. The van der Waals surface area contributed by atoms with E-state index < -0.39 is 23.7 Å².